The molecule has 0 bridgehead atoms. The minimum Gasteiger partial charge on any atom is -0.481 e. The van der Waals surface area contributed by atoms with Gasteiger partial charge in [0.25, 0.3) is 0 Å². The largest absolute Gasteiger partial charge is 0.481 e. The van der Waals surface area contributed by atoms with E-state index in [1.165, 1.54) is 24.3 Å². The number of thioether (sulfide) groups is 1. The van der Waals surface area contributed by atoms with Gasteiger partial charge < -0.3 is 10.2 Å². The number of aliphatic carboxylic acids is 1. The first kappa shape index (κ1) is 16.8. The molecule has 0 radical (unpaired) electrons. The average molecular weight is 308 g/mol. The van der Waals surface area contributed by atoms with Crippen molar-refractivity contribution in [3.8, 4) is 0 Å². The molecule has 0 aromatic heterocycles. The van der Waals surface area contributed by atoms with Crippen molar-refractivity contribution >= 4 is 17.7 Å². The predicted octanol–water partition coefficient (Wildman–Crippen LogP) is 3.83. The predicted molar refractivity (Wildman–Crippen MR) is 69.3 cm³/mol. The molecular weight excluding hydrogens is 293 g/mol. The Morgan fingerprint density at radius 1 is 1.30 bits per heavy atom. The normalized spacial score (nSPS) is 14.8. The molecule has 7 heteroatoms. The summed E-state index contributed by atoms with van der Waals surface area (Å²) in [5.74, 6) is -2.07. The Morgan fingerprint density at radius 2 is 1.85 bits per heavy atom. The van der Waals surface area contributed by atoms with Crippen LogP contribution in [0.4, 0.5) is 13.2 Å². The molecule has 0 aliphatic rings. The van der Waals surface area contributed by atoms with Crippen molar-refractivity contribution in [2.45, 2.75) is 36.3 Å². The van der Waals surface area contributed by atoms with E-state index in [1.54, 1.807) is 6.92 Å². The molecule has 0 saturated carbocycles. The van der Waals surface area contributed by atoms with E-state index in [2.05, 4.69) is 0 Å². The summed E-state index contributed by atoms with van der Waals surface area (Å²) in [6.45, 7) is 1.80. The van der Waals surface area contributed by atoms with Crippen LogP contribution in [0, 0.1) is 5.92 Å². The van der Waals surface area contributed by atoms with Gasteiger partial charge in [-0.3, -0.25) is 4.79 Å². The standard InChI is InChI=1S/C13H15F3O3S/c1-2-3-10(12(18)19)11(17)8-4-6-9(7-5-8)20-13(14,15)16/h4-7,10-11,17H,2-3H2,1H3,(H,18,19). The maximum atomic E-state index is 12.2. The molecule has 2 atom stereocenters. The Kier molecular flexibility index (Phi) is 5.88. The van der Waals surface area contributed by atoms with Crippen LogP contribution in [0.15, 0.2) is 29.2 Å². The molecule has 20 heavy (non-hydrogen) atoms. The van der Waals surface area contributed by atoms with E-state index in [1.807, 2.05) is 0 Å². The molecule has 3 nitrogen and oxygen atoms in total. The molecule has 2 N–H and O–H groups in total. The number of carboxylic acid groups (broad SMARTS) is 1. The SMILES string of the molecule is CCCC(C(=O)O)C(O)c1ccc(SC(F)(F)F)cc1. The Morgan fingerprint density at radius 3 is 2.25 bits per heavy atom. The van der Waals surface area contributed by atoms with Gasteiger partial charge in [0.1, 0.15) is 0 Å². The van der Waals surface area contributed by atoms with Gasteiger partial charge in [-0.15, -0.1) is 0 Å². The lowest BCUT2D eigenvalue weighted by molar-refractivity contribution is -0.146. The van der Waals surface area contributed by atoms with Gasteiger partial charge in [0.15, 0.2) is 0 Å². The number of benzene rings is 1. The lowest BCUT2D eigenvalue weighted by atomic mass is 9.92. The first-order valence-electron chi connectivity index (χ1n) is 6.01. The summed E-state index contributed by atoms with van der Waals surface area (Å²) in [5.41, 5.74) is -4.07. The number of alkyl halides is 3. The summed E-state index contributed by atoms with van der Waals surface area (Å²) in [4.78, 5) is 11.0. The number of halogens is 3. The highest BCUT2D eigenvalue weighted by Crippen LogP contribution is 2.37. The van der Waals surface area contributed by atoms with Gasteiger partial charge in [-0.05, 0) is 35.9 Å². The van der Waals surface area contributed by atoms with E-state index in [0.29, 0.717) is 18.4 Å². The summed E-state index contributed by atoms with van der Waals surface area (Å²) in [7, 11) is 0. The molecule has 0 fully saturated rings. The molecular formula is C13H15F3O3S. The molecule has 0 saturated heterocycles. The topological polar surface area (TPSA) is 57.5 Å². The fraction of sp³-hybridized carbons (Fsp3) is 0.462. The van der Waals surface area contributed by atoms with E-state index in [9.17, 15) is 23.1 Å². The Labute approximate surface area is 118 Å². The van der Waals surface area contributed by atoms with Crippen molar-refractivity contribution < 1.29 is 28.2 Å². The third-order valence-corrected chi connectivity index (χ3v) is 3.49. The van der Waals surface area contributed by atoms with E-state index < -0.39 is 23.5 Å². The zero-order chi connectivity index (χ0) is 15.3. The molecule has 1 aromatic rings. The number of hydrogen-bond donors (Lipinski definition) is 2. The fourth-order valence-corrected chi connectivity index (χ4v) is 2.37. The van der Waals surface area contributed by atoms with Crippen LogP contribution in [0.5, 0.6) is 0 Å². The maximum Gasteiger partial charge on any atom is 0.446 e. The van der Waals surface area contributed by atoms with Gasteiger partial charge in [0, 0.05) is 4.90 Å². The summed E-state index contributed by atoms with van der Waals surface area (Å²) in [6, 6.07) is 5.10. The number of aliphatic hydroxyl groups is 1. The van der Waals surface area contributed by atoms with E-state index in [0.717, 1.165) is 0 Å². The minimum absolute atomic E-state index is 0.00387. The van der Waals surface area contributed by atoms with Crippen molar-refractivity contribution in [1.82, 2.24) is 0 Å². The van der Waals surface area contributed by atoms with Gasteiger partial charge in [-0.25, -0.2) is 0 Å². The van der Waals surface area contributed by atoms with Crippen molar-refractivity contribution in [2.75, 3.05) is 0 Å². The van der Waals surface area contributed by atoms with Crippen LogP contribution in [0.3, 0.4) is 0 Å². The quantitative estimate of drug-likeness (QED) is 0.784. The van der Waals surface area contributed by atoms with E-state index >= 15 is 0 Å². The number of carboxylic acids is 1. The molecule has 112 valence electrons. The molecule has 0 amide bonds. The summed E-state index contributed by atoms with van der Waals surface area (Å²) in [6.07, 6.45) is -0.330. The summed E-state index contributed by atoms with van der Waals surface area (Å²) >= 11 is -0.252. The zero-order valence-corrected chi connectivity index (χ0v) is 11.5. The highest BCUT2D eigenvalue weighted by atomic mass is 32.2. The van der Waals surface area contributed by atoms with Crippen LogP contribution in [0.25, 0.3) is 0 Å². The van der Waals surface area contributed by atoms with Crippen molar-refractivity contribution in [2.24, 2.45) is 5.92 Å². The molecule has 0 aliphatic carbocycles. The van der Waals surface area contributed by atoms with Gasteiger partial charge in [0.2, 0.25) is 0 Å². The van der Waals surface area contributed by atoms with Crippen LogP contribution in [-0.4, -0.2) is 21.7 Å². The van der Waals surface area contributed by atoms with Crippen molar-refractivity contribution in [3.63, 3.8) is 0 Å². The number of carbonyl (C=O) groups is 1. The molecule has 2 unspecified atom stereocenters. The van der Waals surface area contributed by atoms with Crippen LogP contribution in [0.1, 0.15) is 31.4 Å². The Balaban J connectivity index is 2.83. The van der Waals surface area contributed by atoms with Gasteiger partial charge >= 0.3 is 11.5 Å². The highest BCUT2D eigenvalue weighted by Gasteiger charge is 2.30. The van der Waals surface area contributed by atoms with Crippen LogP contribution >= 0.6 is 11.8 Å². The van der Waals surface area contributed by atoms with E-state index in [4.69, 9.17) is 5.11 Å². The van der Waals surface area contributed by atoms with Crippen molar-refractivity contribution in [3.05, 3.63) is 29.8 Å². The number of rotatable bonds is 6. The number of hydrogen-bond acceptors (Lipinski definition) is 3. The highest BCUT2D eigenvalue weighted by molar-refractivity contribution is 8.00. The van der Waals surface area contributed by atoms with Crippen LogP contribution in [0.2, 0.25) is 0 Å². The third kappa shape index (κ3) is 5.05. The minimum atomic E-state index is -4.37. The Hall–Kier alpha value is -1.21. The smallest absolute Gasteiger partial charge is 0.446 e. The van der Waals surface area contributed by atoms with Gasteiger partial charge in [-0.1, -0.05) is 25.5 Å². The molecule has 1 rings (SSSR count). The average Bonchev–Trinajstić information content (AvgIpc) is 2.33. The second-order valence-corrected chi connectivity index (χ2v) is 5.43. The number of aliphatic hydroxyl groups excluding tert-OH is 1. The summed E-state index contributed by atoms with van der Waals surface area (Å²) < 4.78 is 36.5. The summed E-state index contributed by atoms with van der Waals surface area (Å²) in [5, 5.41) is 19.0. The van der Waals surface area contributed by atoms with Crippen molar-refractivity contribution in [1.29, 1.82) is 0 Å². The van der Waals surface area contributed by atoms with Crippen LogP contribution in [-0.2, 0) is 4.79 Å². The third-order valence-electron chi connectivity index (χ3n) is 2.75. The van der Waals surface area contributed by atoms with Gasteiger partial charge in [0.05, 0.1) is 12.0 Å². The lowest BCUT2D eigenvalue weighted by Crippen LogP contribution is -2.21. The first-order chi connectivity index (χ1) is 9.24. The van der Waals surface area contributed by atoms with Gasteiger partial charge in [-0.2, -0.15) is 13.2 Å². The monoisotopic (exact) mass is 308 g/mol. The second kappa shape index (κ2) is 6.99. The second-order valence-electron chi connectivity index (χ2n) is 4.30. The molecule has 0 heterocycles. The Bertz CT molecular complexity index is 445. The lowest BCUT2D eigenvalue weighted by Gasteiger charge is -2.19. The van der Waals surface area contributed by atoms with Crippen LogP contribution < -0.4 is 0 Å². The zero-order valence-electron chi connectivity index (χ0n) is 10.7. The molecule has 0 aliphatic heterocycles. The van der Waals surface area contributed by atoms with E-state index in [-0.39, 0.29) is 16.7 Å². The molecule has 0 spiro atoms. The first-order valence-corrected chi connectivity index (χ1v) is 6.83. The maximum absolute atomic E-state index is 12.2. The fourth-order valence-electron chi connectivity index (χ4n) is 1.83. The molecule has 1 aromatic carbocycles.